The van der Waals surface area contributed by atoms with Gasteiger partial charge in [-0.2, -0.15) is 5.26 Å². The molecule has 4 aliphatic carbocycles. The lowest BCUT2D eigenvalue weighted by atomic mass is 9.35. The summed E-state index contributed by atoms with van der Waals surface area (Å²) in [7, 11) is 0. The Bertz CT molecular complexity index is 559. The Morgan fingerprint density at radius 1 is 1.14 bits per heavy atom. The minimum absolute atomic E-state index is 0.0860. The molecule has 0 saturated heterocycles. The highest BCUT2D eigenvalue weighted by atomic mass is 16.3. The van der Waals surface area contributed by atoms with Crippen molar-refractivity contribution in [2.75, 3.05) is 0 Å². The van der Waals surface area contributed by atoms with Crippen molar-refractivity contribution in [3.8, 4) is 6.07 Å². The first-order valence-electron chi connectivity index (χ1n) is 9.13. The zero-order valence-electron chi connectivity index (χ0n) is 14.2. The van der Waals surface area contributed by atoms with Crippen LogP contribution < -0.4 is 0 Å². The fourth-order valence-electron chi connectivity index (χ4n) is 7.25. The second-order valence-corrected chi connectivity index (χ2v) is 9.40. The van der Waals surface area contributed by atoms with E-state index in [1.54, 1.807) is 0 Å². The number of rotatable bonds is 0. The maximum absolute atomic E-state index is 11.1. The molecule has 0 aromatic rings. The monoisotopic (exact) mass is 299 g/mol. The Kier molecular flexibility index (Phi) is 2.94. The third-order valence-electron chi connectivity index (χ3n) is 8.25. The van der Waals surface area contributed by atoms with Crippen molar-refractivity contribution >= 4 is 0 Å². The first-order chi connectivity index (χ1) is 10.4. The van der Waals surface area contributed by atoms with Crippen LogP contribution in [0.4, 0.5) is 0 Å². The zero-order valence-corrected chi connectivity index (χ0v) is 14.2. The third kappa shape index (κ3) is 1.54. The molecule has 2 nitrogen and oxygen atoms in total. The summed E-state index contributed by atoms with van der Waals surface area (Å²) in [5, 5.41) is 20.6. The number of hydrogen-bond acceptors (Lipinski definition) is 2. The van der Waals surface area contributed by atoms with Gasteiger partial charge in [-0.1, -0.05) is 39.3 Å². The first kappa shape index (κ1) is 14.8. The van der Waals surface area contributed by atoms with E-state index in [1.165, 1.54) is 19.3 Å². The summed E-state index contributed by atoms with van der Waals surface area (Å²) in [5.41, 5.74) is 0.590. The average molecular weight is 299 g/mol. The van der Waals surface area contributed by atoms with Gasteiger partial charge < -0.3 is 5.11 Å². The van der Waals surface area contributed by atoms with Gasteiger partial charge in [-0.05, 0) is 54.8 Å². The van der Waals surface area contributed by atoms with Crippen molar-refractivity contribution in [3.05, 3.63) is 12.2 Å². The summed E-state index contributed by atoms with van der Waals surface area (Å²) < 4.78 is 0. The lowest BCUT2D eigenvalue weighted by Gasteiger charge is -2.69. The Morgan fingerprint density at radius 2 is 1.91 bits per heavy atom. The number of hydrogen-bond donors (Lipinski definition) is 1. The fourth-order valence-corrected chi connectivity index (χ4v) is 7.25. The molecule has 120 valence electrons. The van der Waals surface area contributed by atoms with Gasteiger partial charge in [0.1, 0.15) is 0 Å². The SMILES string of the molecule is CC1(C)CCC[C@]2(C)[C@H]3CC[C@@H](C#N)[C@H]4C=C[C@]43[C@H](O)C[C@@H]12. The van der Waals surface area contributed by atoms with Crippen molar-refractivity contribution in [1.29, 1.82) is 5.26 Å². The van der Waals surface area contributed by atoms with Gasteiger partial charge in [-0.25, -0.2) is 0 Å². The van der Waals surface area contributed by atoms with E-state index in [2.05, 4.69) is 39.0 Å². The van der Waals surface area contributed by atoms with E-state index >= 15 is 0 Å². The minimum atomic E-state index is -0.251. The molecule has 7 atom stereocenters. The molecule has 0 unspecified atom stereocenters. The number of aliphatic hydroxyl groups is 1. The molecule has 3 fully saturated rings. The van der Waals surface area contributed by atoms with Gasteiger partial charge in [-0.3, -0.25) is 0 Å². The van der Waals surface area contributed by atoms with Crippen molar-refractivity contribution in [2.45, 2.75) is 65.4 Å². The molecule has 4 rings (SSSR count). The molecule has 0 amide bonds. The average Bonchev–Trinajstić information content (AvgIpc) is 2.42. The highest BCUT2D eigenvalue weighted by Crippen LogP contribution is 2.71. The predicted molar refractivity (Wildman–Crippen MR) is 86.7 cm³/mol. The topological polar surface area (TPSA) is 44.0 Å². The number of fused-ring (bicyclic) bond motifs is 2. The fraction of sp³-hybridized carbons (Fsp3) is 0.850. The van der Waals surface area contributed by atoms with E-state index in [-0.39, 0.29) is 17.4 Å². The van der Waals surface area contributed by atoms with Crippen molar-refractivity contribution < 1.29 is 5.11 Å². The summed E-state index contributed by atoms with van der Waals surface area (Å²) in [6, 6.07) is 2.52. The molecule has 0 aromatic carbocycles. The Morgan fingerprint density at radius 3 is 2.55 bits per heavy atom. The number of nitrogens with zero attached hydrogens (tertiary/aromatic N) is 1. The molecule has 0 radical (unpaired) electrons. The standard InChI is InChI=1S/C20H29NO/c1-18(2)8-4-9-19(3)15-6-5-13(12-21)14-7-10-20(14,15)17(22)11-16(18)19/h7,10,13-17,22H,4-6,8-9,11H2,1-3H3/t13-,14+,15+,16-,17+,19+,20-/m0/s1. The van der Waals surface area contributed by atoms with E-state index in [9.17, 15) is 10.4 Å². The van der Waals surface area contributed by atoms with Crippen LogP contribution in [0.1, 0.15) is 59.3 Å². The van der Waals surface area contributed by atoms with Gasteiger partial charge >= 0.3 is 0 Å². The van der Waals surface area contributed by atoms with Crippen LogP contribution in [0.5, 0.6) is 0 Å². The van der Waals surface area contributed by atoms with Gasteiger partial charge in [0.15, 0.2) is 0 Å². The Hall–Kier alpha value is -0.810. The van der Waals surface area contributed by atoms with Crippen molar-refractivity contribution in [2.24, 2.45) is 39.9 Å². The lowest BCUT2D eigenvalue weighted by molar-refractivity contribution is -0.209. The van der Waals surface area contributed by atoms with Crippen molar-refractivity contribution in [3.63, 3.8) is 0 Å². The molecule has 1 N–H and O–H groups in total. The molecule has 0 heterocycles. The van der Waals surface area contributed by atoms with E-state index in [4.69, 9.17) is 0 Å². The summed E-state index contributed by atoms with van der Waals surface area (Å²) in [6.07, 6.45) is 11.3. The highest BCUT2D eigenvalue weighted by molar-refractivity contribution is 5.32. The van der Waals surface area contributed by atoms with Crippen LogP contribution in [0, 0.1) is 51.2 Å². The van der Waals surface area contributed by atoms with Gasteiger partial charge in [0.2, 0.25) is 0 Å². The summed E-state index contributed by atoms with van der Waals surface area (Å²) in [4.78, 5) is 0. The Balaban J connectivity index is 1.79. The second-order valence-electron chi connectivity index (χ2n) is 9.40. The van der Waals surface area contributed by atoms with Crippen LogP contribution in [0.3, 0.4) is 0 Å². The summed E-state index contributed by atoms with van der Waals surface area (Å²) in [5.74, 6) is 1.60. The molecule has 22 heavy (non-hydrogen) atoms. The normalized spacial score (nSPS) is 55.1. The Labute approximate surface area is 134 Å². The van der Waals surface area contributed by atoms with Gasteiger partial charge in [0, 0.05) is 11.3 Å². The highest BCUT2D eigenvalue weighted by Gasteiger charge is 2.68. The molecule has 0 aromatic heterocycles. The van der Waals surface area contributed by atoms with Crippen LogP contribution in [0.15, 0.2) is 12.2 Å². The zero-order chi connectivity index (χ0) is 15.8. The quantitative estimate of drug-likeness (QED) is 0.677. The van der Waals surface area contributed by atoms with Crippen LogP contribution in [0.25, 0.3) is 0 Å². The summed E-state index contributed by atoms with van der Waals surface area (Å²) in [6.45, 7) is 7.33. The maximum atomic E-state index is 11.1. The van der Waals surface area contributed by atoms with Crippen LogP contribution in [0.2, 0.25) is 0 Å². The van der Waals surface area contributed by atoms with Gasteiger partial charge in [-0.15, -0.1) is 0 Å². The largest absolute Gasteiger partial charge is 0.392 e. The van der Waals surface area contributed by atoms with Crippen LogP contribution in [-0.2, 0) is 0 Å². The molecule has 1 spiro atoms. The molecule has 0 bridgehead atoms. The number of allylic oxidation sites excluding steroid dienone is 1. The van der Waals surface area contributed by atoms with Gasteiger partial charge in [0.05, 0.1) is 18.1 Å². The molecule has 0 aliphatic heterocycles. The summed E-state index contributed by atoms with van der Waals surface area (Å²) >= 11 is 0. The molecule has 2 heteroatoms. The van der Waals surface area contributed by atoms with E-state index in [1.807, 2.05) is 0 Å². The number of aliphatic hydroxyl groups excluding tert-OH is 1. The molecular formula is C20H29NO. The second kappa shape index (κ2) is 4.38. The first-order valence-corrected chi connectivity index (χ1v) is 9.13. The molecule has 3 saturated carbocycles. The maximum Gasteiger partial charge on any atom is 0.0662 e. The molecule has 4 aliphatic rings. The van der Waals surface area contributed by atoms with E-state index < -0.39 is 0 Å². The number of nitriles is 1. The predicted octanol–water partition coefficient (Wildman–Crippen LogP) is 4.31. The minimum Gasteiger partial charge on any atom is -0.392 e. The molecular weight excluding hydrogens is 270 g/mol. The van der Waals surface area contributed by atoms with Crippen LogP contribution in [-0.4, -0.2) is 11.2 Å². The van der Waals surface area contributed by atoms with Crippen molar-refractivity contribution in [1.82, 2.24) is 0 Å². The smallest absolute Gasteiger partial charge is 0.0662 e. The lowest BCUT2D eigenvalue weighted by Crippen LogP contribution is -2.66. The van der Waals surface area contributed by atoms with Crippen LogP contribution >= 0.6 is 0 Å². The van der Waals surface area contributed by atoms with E-state index in [0.717, 1.165) is 19.3 Å². The van der Waals surface area contributed by atoms with Gasteiger partial charge in [0.25, 0.3) is 0 Å². The van der Waals surface area contributed by atoms with E-state index in [0.29, 0.717) is 28.6 Å². The third-order valence-corrected chi connectivity index (χ3v) is 8.25.